The number of rotatable bonds is 10. The van der Waals surface area contributed by atoms with E-state index in [9.17, 15) is 35.9 Å². The maximum atomic E-state index is 13.0. The highest BCUT2D eigenvalue weighted by Crippen LogP contribution is 2.18. The van der Waals surface area contributed by atoms with Crippen LogP contribution in [0.2, 0.25) is 0 Å². The van der Waals surface area contributed by atoms with Crippen LogP contribution in [0.5, 0.6) is 0 Å². The monoisotopic (exact) mass is 638 g/mol. The SMILES string of the molecule is O=C(NCC(F)(F)F)c1ccc(-n2nnc(C(=O)NCc3ccncc3)c2COCc2ccccc2)cc1.O=C(O)C(F)(F)F. The zero-order valence-corrected chi connectivity index (χ0v) is 23.0. The number of carbonyl (C=O) groups excluding carboxylic acids is 2. The molecule has 11 nitrogen and oxygen atoms in total. The van der Waals surface area contributed by atoms with Gasteiger partial charge in [-0.25, -0.2) is 9.48 Å². The van der Waals surface area contributed by atoms with Crippen LogP contribution in [0.4, 0.5) is 26.3 Å². The minimum absolute atomic E-state index is 0.00623. The summed E-state index contributed by atoms with van der Waals surface area (Å²) in [6.45, 7) is -0.909. The summed E-state index contributed by atoms with van der Waals surface area (Å²) in [4.78, 5) is 37.9. The predicted molar refractivity (Wildman–Crippen MR) is 144 cm³/mol. The third kappa shape index (κ3) is 11.0. The Morgan fingerprint density at radius 3 is 2.00 bits per heavy atom. The first-order valence-corrected chi connectivity index (χ1v) is 12.7. The van der Waals surface area contributed by atoms with Crippen molar-refractivity contribution in [2.75, 3.05) is 6.54 Å². The fourth-order valence-corrected chi connectivity index (χ4v) is 3.46. The summed E-state index contributed by atoms with van der Waals surface area (Å²) in [5, 5.41) is 19.9. The molecule has 2 aromatic heterocycles. The quantitative estimate of drug-likeness (QED) is 0.219. The van der Waals surface area contributed by atoms with E-state index in [0.29, 0.717) is 11.4 Å². The molecular weight excluding hydrogens is 614 g/mol. The van der Waals surface area contributed by atoms with E-state index in [1.807, 2.05) is 35.6 Å². The lowest BCUT2D eigenvalue weighted by Crippen LogP contribution is -2.33. The molecule has 0 aliphatic heterocycles. The van der Waals surface area contributed by atoms with Gasteiger partial charge in [0.2, 0.25) is 0 Å². The molecule has 0 saturated carbocycles. The first-order valence-electron chi connectivity index (χ1n) is 12.7. The molecule has 0 aliphatic carbocycles. The second-order valence-electron chi connectivity index (χ2n) is 8.96. The van der Waals surface area contributed by atoms with E-state index in [1.54, 1.807) is 24.5 Å². The molecule has 3 N–H and O–H groups in total. The molecule has 238 valence electrons. The fourth-order valence-electron chi connectivity index (χ4n) is 3.46. The molecule has 2 heterocycles. The second-order valence-corrected chi connectivity index (χ2v) is 8.96. The Labute approximate surface area is 250 Å². The number of benzene rings is 2. The molecule has 17 heteroatoms. The normalized spacial score (nSPS) is 11.2. The predicted octanol–water partition coefficient (Wildman–Crippen LogP) is 4.23. The molecule has 0 bridgehead atoms. The summed E-state index contributed by atoms with van der Waals surface area (Å²) in [5.74, 6) is -4.09. The lowest BCUT2D eigenvalue weighted by Gasteiger charge is -2.11. The van der Waals surface area contributed by atoms with Crippen LogP contribution in [0.15, 0.2) is 79.1 Å². The smallest absolute Gasteiger partial charge is 0.475 e. The van der Waals surface area contributed by atoms with E-state index in [4.69, 9.17) is 14.6 Å². The zero-order chi connectivity index (χ0) is 33.0. The topological polar surface area (TPSA) is 148 Å². The van der Waals surface area contributed by atoms with Crippen LogP contribution >= 0.6 is 0 Å². The molecule has 0 saturated heterocycles. The number of aliphatic carboxylic acids is 1. The van der Waals surface area contributed by atoms with Gasteiger partial charge in [0.25, 0.3) is 11.8 Å². The second kappa shape index (κ2) is 15.4. The van der Waals surface area contributed by atoms with Crippen molar-refractivity contribution in [2.45, 2.75) is 32.1 Å². The Bertz CT molecular complexity index is 1560. The fraction of sp³-hybridized carbons (Fsp3) is 0.214. The van der Waals surface area contributed by atoms with Crippen molar-refractivity contribution in [1.29, 1.82) is 0 Å². The Hall–Kier alpha value is -5.32. The number of nitrogens with one attached hydrogen (secondary N) is 2. The number of carbonyl (C=O) groups is 3. The largest absolute Gasteiger partial charge is 0.490 e. The van der Waals surface area contributed by atoms with Crippen LogP contribution in [-0.2, 0) is 29.3 Å². The summed E-state index contributed by atoms with van der Waals surface area (Å²) in [7, 11) is 0. The van der Waals surface area contributed by atoms with Crippen molar-refractivity contribution in [1.82, 2.24) is 30.6 Å². The maximum Gasteiger partial charge on any atom is 0.490 e. The number of hydrogen-bond acceptors (Lipinski definition) is 7. The molecule has 0 radical (unpaired) electrons. The summed E-state index contributed by atoms with van der Waals surface area (Å²) in [6, 6.07) is 18.7. The Morgan fingerprint density at radius 2 is 1.42 bits per heavy atom. The van der Waals surface area contributed by atoms with Crippen LogP contribution in [0.1, 0.15) is 37.7 Å². The van der Waals surface area contributed by atoms with Crippen molar-refractivity contribution < 1.29 is 50.6 Å². The number of amides is 2. The highest BCUT2D eigenvalue weighted by atomic mass is 19.4. The molecule has 0 spiro atoms. The highest BCUT2D eigenvalue weighted by molar-refractivity contribution is 5.94. The van der Waals surface area contributed by atoms with Crippen LogP contribution in [0.25, 0.3) is 5.69 Å². The molecule has 4 rings (SSSR count). The Kier molecular flexibility index (Phi) is 11.7. The van der Waals surface area contributed by atoms with Crippen molar-refractivity contribution in [3.8, 4) is 5.69 Å². The van der Waals surface area contributed by atoms with Gasteiger partial charge >= 0.3 is 18.3 Å². The molecule has 2 aromatic carbocycles. The van der Waals surface area contributed by atoms with E-state index in [0.717, 1.165) is 11.1 Å². The average molecular weight is 639 g/mol. The van der Waals surface area contributed by atoms with Gasteiger partial charge in [0.1, 0.15) is 12.2 Å². The molecule has 2 amide bonds. The van der Waals surface area contributed by atoms with Gasteiger partial charge in [-0.05, 0) is 47.5 Å². The molecule has 0 unspecified atom stereocenters. The van der Waals surface area contributed by atoms with E-state index in [2.05, 4.69) is 20.6 Å². The van der Waals surface area contributed by atoms with Crippen molar-refractivity contribution in [2.24, 2.45) is 0 Å². The van der Waals surface area contributed by atoms with E-state index in [-0.39, 0.29) is 31.0 Å². The van der Waals surface area contributed by atoms with Gasteiger partial charge in [0.15, 0.2) is 5.69 Å². The third-order valence-corrected chi connectivity index (χ3v) is 5.60. The van der Waals surface area contributed by atoms with Gasteiger partial charge in [-0.2, -0.15) is 26.3 Å². The lowest BCUT2D eigenvalue weighted by molar-refractivity contribution is -0.192. The minimum Gasteiger partial charge on any atom is -0.475 e. The zero-order valence-electron chi connectivity index (χ0n) is 23.0. The van der Waals surface area contributed by atoms with Crippen LogP contribution in [-0.4, -0.2) is 61.8 Å². The van der Waals surface area contributed by atoms with Crippen LogP contribution in [0, 0.1) is 0 Å². The van der Waals surface area contributed by atoms with Gasteiger partial charge < -0.3 is 20.5 Å². The van der Waals surface area contributed by atoms with Crippen LogP contribution in [0.3, 0.4) is 0 Å². The standard InChI is InChI=1S/C26H23F3N6O3.C2HF3O2/c27-26(28,29)17-32-24(36)20-6-8-21(9-7-20)35-22(16-38-15-19-4-2-1-3-5-19)23(33-34-35)25(37)31-14-18-10-12-30-13-11-18;3-2(4,5)1(6)7/h1-13H,14-17H2,(H,31,37)(H,32,36);(H,6,7). The number of aromatic nitrogens is 4. The number of nitrogens with zero attached hydrogens (tertiary/aromatic N) is 4. The Balaban J connectivity index is 0.000000707. The average Bonchev–Trinajstić information content (AvgIpc) is 3.43. The number of halogens is 6. The summed E-state index contributed by atoms with van der Waals surface area (Å²) in [5.41, 5.74) is 2.68. The highest BCUT2D eigenvalue weighted by Gasteiger charge is 2.38. The number of carboxylic acid groups (broad SMARTS) is 1. The lowest BCUT2D eigenvalue weighted by atomic mass is 10.2. The van der Waals surface area contributed by atoms with Crippen molar-refractivity contribution >= 4 is 17.8 Å². The van der Waals surface area contributed by atoms with Gasteiger partial charge in [0, 0.05) is 24.5 Å². The minimum atomic E-state index is -5.08. The molecule has 45 heavy (non-hydrogen) atoms. The van der Waals surface area contributed by atoms with Crippen molar-refractivity contribution in [3.05, 3.63) is 107 Å². The number of hydrogen-bond donors (Lipinski definition) is 3. The van der Waals surface area contributed by atoms with Crippen molar-refractivity contribution in [3.63, 3.8) is 0 Å². The number of pyridine rings is 1. The van der Waals surface area contributed by atoms with Gasteiger partial charge in [-0.15, -0.1) is 5.10 Å². The molecule has 0 atom stereocenters. The van der Waals surface area contributed by atoms with E-state index in [1.165, 1.54) is 28.9 Å². The van der Waals surface area contributed by atoms with Gasteiger partial charge in [0.05, 0.1) is 18.9 Å². The number of alkyl halides is 6. The summed E-state index contributed by atoms with van der Waals surface area (Å²) >= 11 is 0. The van der Waals surface area contributed by atoms with E-state index >= 15 is 0 Å². The number of ether oxygens (including phenoxy) is 1. The van der Waals surface area contributed by atoms with Crippen LogP contribution < -0.4 is 10.6 Å². The number of carboxylic acids is 1. The van der Waals surface area contributed by atoms with Gasteiger partial charge in [-0.1, -0.05) is 35.5 Å². The Morgan fingerprint density at radius 1 is 0.800 bits per heavy atom. The summed E-state index contributed by atoms with van der Waals surface area (Å²) < 4.78 is 76.2. The maximum absolute atomic E-state index is 13.0. The van der Waals surface area contributed by atoms with Gasteiger partial charge in [-0.3, -0.25) is 14.6 Å². The first kappa shape index (κ1) is 34.2. The molecule has 0 aliphatic rings. The molecule has 0 fully saturated rings. The molecular formula is C28H24F6N6O5. The first-order chi connectivity index (χ1) is 21.2. The molecule has 4 aromatic rings. The summed E-state index contributed by atoms with van der Waals surface area (Å²) in [6.07, 6.45) is -6.36. The van der Waals surface area contributed by atoms with E-state index < -0.39 is 36.7 Å². The third-order valence-electron chi connectivity index (χ3n) is 5.60.